The molecular formula is C11H7BrN8O2S. The van der Waals surface area contributed by atoms with Gasteiger partial charge in [0.1, 0.15) is 6.20 Å². The Bertz CT molecular complexity index is 869. The summed E-state index contributed by atoms with van der Waals surface area (Å²) in [4.78, 5) is 17.9. The van der Waals surface area contributed by atoms with Crippen LogP contribution in [-0.4, -0.2) is 35.1 Å². The number of aromatic nitrogens is 6. The molecule has 0 aliphatic rings. The smallest absolute Gasteiger partial charge is 0.329 e. The van der Waals surface area contributed by atoms with E-state index in [-0.39, 0.29) is 16.7 Å². The number of halogens is 1. The Labute approximate surface area is 141 Å². The third-order valence-corrected chi connectivity index (χ3v) is 4.01. The highest BCUT2D eigenvalue weighted by molar-refractivity contribution is 9.10. The molecule has 10 nitrogen and oxygen atoms in total. The lowest BCUT2D eigenvalue weighted by Crippen LogP contribution is -2.02. The molecule has 0 saturated heterocycles. The van der Waals surface area contributed by atoms with Gasteiger partial charge in [0.25, 0.3) is 0 Å². The molecule has 0 fully saturated rings. The van der Waals surface area contributed by atoms with Crippen molar-refractivity contribution < 1.29 is 4.92 Å². The van der Waals surface area contributed by atoms with Crippen molar-refractivity contribution in [1.29, 1.82) is 0 Å². The molecule has 0 saturated carbocycles. The fourth-order valence-electron chi connectivity index (χ4n) is 1.63. The molecule has 23 heavy (non-hydrogen) atoms. The van der Waals surface area contributed by atoms with Gasteiger partial charge >= 0.3 is 5.69 Å². The molecule has 12 heteroatoms. The van der Waals surface area contributed by atoms with Gasteiger partial charge in [0.05, 0.1) is 10.6 Å². The Morgan fingerprint density at radius 3 is 2.70 bits per heavy atom. The number of nitrogens with zero attached hydrogens (tertiary/aromatic N) is 7. The normalized spacial score (nSPS) is 10.7. The van der Waals surface area contributed by atoms with Crippen LogP contribution in [0.2, 0.25) is 0 Å². The first kappa shape index (κ1) is 15.3. The monoisotopic (exact) mass is 394 g/mol. The standard InChI is InChI=1S/C11H7BrN8O2S/c12-6-1-3-7(4-2-6)19-11(16-17-18-19)23-10-14-5-8(20(21)22)9(13)15-10/h1-5H,(H2,13,14,15). The highest BCUT2D eigenvalue weighted by Gasteiger charge is 2.17. The molecule has 2 aromatic heterocycles. The summed E-state index contributed by atoms with van der Waals surface area (Å²) in [7, 11) is 0. The third kappa shape index (κ3) is 3.27. The van der Waals surface area contributed by atoms with E-state index in [2.05, 4.69) is 41.4 Å². The zero-order valence-corrected chi connectivity index (χ0v) is 13.6. The summed E-state index contributed by atoms with van der Waals surface area (Å²) in [5.41, 5.74) is 5.95. The largest absolute Gasteiger partial charge is 0.378 e. The van der Waals surface area contributed by atoms with Gasteiger partial charge < -0.3 is 5.73 Å². The lowest BCUT2D eigenvalue weighted by atomic mass is 10.3. The maximum Gasteiger partial charge on any atom is 0.329 e. The molecule has 2 heterocycles. The van der Waals surface area contributed by atoms with Gasteiger partial charge in [0, 0.05) is 4.47 Å². The molecule has 1 aromatic carbocycles. The summed E-state index contributed by atoms with van der Waals surface area (Å²) in [6, 6.07) is 7.36. The molecule has 3 aromatic rings. The van der Waals surface area contributed by atoms with E-state index in [1.807, 2.05) is 24.3 Å². The number of hydrogen-bond donors (Lipinski definition) is 1. The van der Waals surface area contributed by atoms with Gasteiger partial charge in [0.2, 0.25) is 11.0 Å². The minimum absolute atomic E-state index is 0.210. The van der Waals surface area contributed by atoms with E-state index in [1.54, 1.807) is 0 Å². The number of nitro groups is 1. The van der Waals surface area contributed by atoms with Gasteiger partial charge in [-0.2, -0.15) is 9.67 Å². The second-order valence-corrected chi connectivity index (χ2v) is 5.98. The molecule has 0 amide bonds. The zero-order valence-electron chi connectivity index (χ0n) is 11.2. The Morgan fingerprint density at radius 2 is 2.04 bits per heavy atom. The molecule has 116 valence electrons. The minimum Gasteiger partial charge on any atom is -0.378 e. The van der Waals surface area contributed by atoms with Crippen molar-refractivity contribution in [2.24, 2.45) is 0 Å². The van der Waals surface area contributed by atoms with E-state index in [0.29, 0.717) is 5.16 Å². The van der Waals surface area contributed by atoms with Crippen molar-refractivity contribution in [3.05, 3.63) is 45.0 Å². The molecule has 0 bridgehead atoms. The van der Waals surface area contributed by atoms with Crippen molar-refractivity contribution >= 4 is 39.2 Å². The van der Waals surface area contributed by atoms with Crippen LogP contribution in [0, 0.1) is 10.1 Å². The second-order valence-electron chi connectivity index (χ2n) is 4.13. The van der Waals surface area contributed by atoms with E-state index >= 15 is 0 Å². The fraction of sp³-hybridized carbons (Fsp3) is 0. The zero-order chi connectivity index (χ0) is 16.4. The number of rotatable bonds is 4. The number of benzene rings is 1. The summed E-state index contributed by atoms with van der Waals surface area (Å²) in [5.74, 6) is -0.213. The highest BCUT2D eigenvalue weighted by atomic mass is 79.9. The molecule has 0 radical (unpaired) electrons. The predicted octanol–water partition coefficient (Wildman–Crippen LogP) is 1.86. The van der Waals surface area contributed by atoms with Gasteiger partial charge in [-0.25, -0.2) is 4.98 Å². The Balaban J connectivity index is 1.90. The Hall–Kier alpha value is -2.60. The van der Waals surface area contributed by atoms with Crippen LogP contribution < -0.4 is 5.73 Å². The number of hydrogen-bond acceptors (Lipinski definition) is 9. The number of tetrazole rings is 1. The maximum atomic E-state index is 10.7. The second kappa shape index (κ2) is 6.26. The maximum absolute atomic E-state index is 10.7. The van der Waals surface area contributed by atoms with Gasteiger partial charge in [-0.05, 0) is 46.5 Å². The topological polar surface area (TPSA) is 139 Å². The fourth-order valence-corrected chi connectivity index (χ4v) is 2.61. The van der Waals surface area contributed by atoms with Gasteiger partial charge in [-0.1, -0.05) is 15.9 Å². The predicted molar refractivity (Wildman–Crippen MR) is 84.1 cm³/mol. The van der Waals surface area contributed by atoms with Gasteiger partial charge in [-0.15, -0.1) is 5.10 Å². The quantitative estimate of drug-likeness (QED) is 0.398. The molecule has 0 unspecified atom stereocenters. The summed E-state index contributed by atoms with van der Waals surface area (Å²) in [6.07, 6.45) is 1.05. The average Bonchev–Trinajstić information content (AvgIpc) is 2.96. The first-order chi connectivity index (χ1) is 11.0. The third-order valence-electron chi connectivity index (χ3n) is 2.67. The molecule has 2 N–H and O–H groups in total. The number of nitrogens with two attached hydrogens (primary N) is 1. The van der Waals surface area contributed by atoms with Crippen LogP contribution >= 0.6 is 27.7 Å². The molecule has 0 aliphatic heterocycles. The van der Waals surface area contributed by atoms with E-state index in [0.717, 1.165) is 28.1 Å². The minimum atomic E-state index is -0.643. The van der Waals surface area contributed by atoms with Gasteiger partial charge in [0.15, 0.2) is 5.16 Å². The molecule has 3 rings (SSSR count). The lowest BCUT2D eigenvalue weighted by Gasteiger charge is -2.04. The van der Waals surface area contributed by atoms with Crippen molar-refractivity contribution in [3.63, 3.8) is 0 Å². The van der Waals surface area contributed by atoms with E-state index in [1.165, 1.54) is 4.68 Å². The summed E-state index contributed by atoms with van der Waals surface area (Å²) >= 11 is 4.40. The van der Waals surface area contributed by atoms with Crippen molar-refractivity contribution in [1.82, 2.24) is 30.2 Å². The Morgan fingerprint density at radius 1 is 1.30 bits per heavy atom. The SMILES string of the molecule is Nc1nc(Sc2nnnn2-c2ccc(Br)cc2)ncc1[N+](=O)[O-]. The number of nitrogen functional groups attached to an aromatic ring is 1. The van der Waals surface area contributed by atoms with Crippen LogP contribution in [0.25, 0.3) is 5.69 Å². The Kier molecular flexibility index (Phi) is 4.16. The number of anilines is 1. The van der Waals surface area contributed by atoms with Crippen LogP contribution in [-0.2, 0) is 0 Å². The average molecular weight is 395 g/mol. The van der Waals surface area contributed by atoms with Crippen molar-refractivity contribution in [3.8, 4) is 5.69 Å². The molecule has 0 aliphatic carbocycles. The van der Waals surface area contributed by atoms with Crippen LogP contribution in [0.4, 0.5) is 11.5 Å². The van der Waals surface area contributed by atoms with Crippen molar-refractivity contribution in [2.75, 3.05) is 5.73 Å². The van der Waals surface area contributed by atoms with Crippen molar-refractivity contribution in [2.45, 2.75) is 10.3 Å². The molecule has 0 spiro atoms. The van der Waals surface area contributed by atoms with Crippen LogP contribution in [0.3, 0.4) is 0 Å². The van der Waals surface area contributed by atoms with Gasteiger partial charge in [-0.3, -0.25) is 10.1 Å². The molecular weight excluding hydrogens is 388 g/mol. The van der Waals surface area contributed by atoms with E-state index in [4.69, 9.17) is 5.73 Å². The first-order valence-electron chi connectivity index (χ1n) is 6.03. The molecule has 0 atom stereocenters. The van der Waals surface area contributed by atoms with Crippen LogP contribution in [0.1, 0.15) is 0 Å². The first-order valence-corrected chi connectivity index (χ1v) is 7.64. The summed E-state index contributed by atoms with van der Waals surface area (Å²) < 4.78 is 2.42. The van der Waals surface area contributed by atoms with Crippen LogP contribution in [0.5, 0.6) is 0 Å². The van der Waals surface area contributed by atoms with E-state index in [9.17, 15) is 10.1 Å². The lowest BCUT2D eigenvalue weighted by molar-refractivity contribution is -0.384. The van der Waals surface area contributed by atoms with Crippen LogP contribution in [0.15, 0.2) is 45.2 Å². The van der Waals surface area contributed by atoms with E-state index < -0.39 is 4.92 Å². The highest BCUT2D eigenvalue weighted by Crippen LogP contribution is 2.27. The summed E-state index contributed by atoms with van der Waals surface area (Å²) in [6.45, 7) is 0. The summed E-state index contributed by atoms with van der Waals surface area (Å²) in [5, 5.41) is 22.7.